The summed E-state index contributed by atoms with van der Waals surface area (Å²) in [6.07, 6.45) is 1.75. The predicted octanol–water partition coefficient (Wildman–Crippen LogP) is 4.40. The zero-order valence-electron chi connectivity index (χ0n) is 13.7. The Labute approximate surface area is 136 Å². The van der Waals surface area contributed by atoms with Crippen LogP contribution in [0.5, 0.6) is 0 Å². The Balaban J connectivity index is 0.000000847. The maximum absolute atomic E-state index is 12.7. The lowest BCUT2D eigenvalue weighted by Gasteiger charge is -2.32. The van der Waals surface area contributed by atoms with Gasteiger partial charge in [0.05, 0.1) is 12.2 Å². The third kappa shape index (κ3) is 2.75. The molecule has 0 spiro atoms. The van der Waals surface area contributed by atoms with Crippen molar-refractivity contribution in [1.29, 1.82) is 0 Å². The highest BCUT2D eigenvalue weighted by Crippen LogP contribution is 2.29. The summed E-state index contributed by atoms with van der Waals surface area (Å²) in [6, 6.07) is 5.84. The predicted molar refractivity (Wildman–Crippen MR) is 90.9 cm³/mol. The Morgan fingerprint density at radius 1 is 1.23 bits per heavy atom. The average Bonchev–Trinajstić information content (AvgIpc) is 2.91. The van der Waals surface area contributed by atoms with Crippen LogP contribution in [-0.2, 0) is 0 Å². The fourth-order valence-corrected chi connectivity index (χ4v) is 2.74. The number of halogens is 1. The molecule has 4 nitrogen and oxygen atoms in total. The summed E-state index contributed by atoms with van der Waals surface area (Å²) in [7, 11) is 0. The molecule has 1 atom stereocenters. The number of hydrogen-bond donors (Lipinski definition) is 0. The van der Waals surface area contributed by atoms with Gasteiger partial charge in [0.2, 0.25) is 0 Å². The quantitative estimate of drug-likeness (QED) is 0.781. The highest BCUT2D eigenvalue weighted by atomic mass is 35.5. The number of fused-ring (bicyclic) bond motifs is 1. The van der Waals surface area contributed by atoms with E-state index in [1.54, 1.807) is 11.1 Å². The van der Waals surface area contributed by atoms with Crippen LogP contribution in [-0.4, -0.2) is 22.2 Å². The monoisotopic (exact) mass is 319 g/mol. The molecular weight excluding hydrogens is 298 g/mol. The van der Waals surface area contributed by atoms with Crippen molar-refractivity contribution >= 4 is 23.2 Å². The van der Waals surface area contributed by atoms with Crippen molar-refractivity contribution in [3.8, 4) is 0 Å². The first-order chi connectivity index (χ1) is 10.5. The van der Waals surface area contributed by atoms with Gasteiger partial charge in [-0.3, -0.25) is 9.48 Å². The summed E-state index contributed by atoms with van der Waals surface area (Å²) in [6.45, 7) is 10.5. The van der Waals surface area contributed by atoms with Crippen molar-refractivity contribution in [2.45, 2.75) is 40.7 Å². The largest absolute Gasteiger partial charge is 0.305 e. The summed E-state index contributed by atoms with van der Waals surface area (Å²) < 4.78 is 1.82. The molecule has 22 heavy (non-hydrogen) atoms. The van der Waals surface area contributed by atoms with Gasteiger partial charge in [-0.15, -0.1) is 0 Å². The van der Waals surface area contributed by atoms with Gasteiger partial charge >= 0.3 is 0 Å². The molecule has 1 unspecified atom stereocenters. The Morgan fingerprint density at radius 2 is 1.91 bits per heavy atom. The maximum Gasteiger partial charge on any atom is 0.276 e. The highest BCUT2D eigenvalue weighted by molar-refractivity contribution is 6.31. The Hall–Kier alpha value is -1.81. The molecule has 2 aromatic rings. The summed E-state index contributed by atoms with van der Waals surface area (Å²) in [5, 5.41) is 5.01. The van der Waals surface area contributed by atoms with Crippen molar-refractivity contribution in [3.05, 3.63) is 46.2 Å². The minimum Gasteiger partial charge on any atom is -0.305 e. The number of benzene rings is 1. The molecule has 1 aliphatic heterocycles. The van der Waals surface area contributed by atoms with Gasteiger partial charge in [0, 0.05) is 22.8 Å². The minimum atomic E-state index is -0.000164. The van der Waals surface area contributed by atoms with E-state index in [-0.39, 0.29) is 11.9 Å². The van der Waals surface area contributed by atoms with E-state index in [1.807, 2.05) is 50.6 Å². The third-order valence-corrected chi connectivity index (χ3v) is 4.17. The molecule has 1 amide bonds. The molecule has 0 saturated carbocycles. The van der Waals surface area contributed by atoms with E-state index in [0.717, 1.165) is 16.8 Å². The molecule has 1 aromatic carbocycles. The molecule has 118 valence electrons. The van der Waals surface area contributed by atoms with Crippen LogP contribution < -0.4 is 4.90 Å². The van der Waals surface area contributed by atoms with Crippen LogP contribution in [0.2, 0.25) is 5.02 Å². The Morgan fingerprint density at radius 3 is 2.55 bits per heavy atom. The number of hydrogen-bond acceptors (Lipinski definition) is 2. The summed E-state index contributed by atoms with van der Waals surface area (Å²) in [5.41, 5.74) is 3.45. The molecule has 0 N–H and O–H groups in total. The van der Waals surface area contributed by atoms with Crippen molar-refractivity contribution < 1.29 is 4.79 Å². The molecule has 0 aliphatic carbocycles. The number of amides is 1. The lowest BCUT2D eigenvalue weighted by atomic mass is 10.1. The van der Waals surface area contributed by atoms with Crippen molar-refractivity contribution in [2.24, 2.45) is 0 Å². The van der Waals surface area contributed by atoms with E-state index in [2.05, 4.69) is 12.0 Å². The van der Waals surface area contributed by atoms with Crippen LogP contribution in [0.4, 0.5) is 5.69 Å². The van der Waals surface area contributed by atoms with Gasteiger partial charge in [-0.1, -0.05) is 25.4 Å². The molecule has 5 heteroatoms. The van der Waals surface area contributed by atoms with Crippen LogP contribution >= 0.6 is 11.6 Å². The number of nitrogens with zero attached hydrogens (tertiary/aromatic N) is 3. The zero-order valence-corrected chi connectivity index (χ0v) is 14.5. The first kappa shape index (κ1) is 16.6. The van der Waals surface area contributed by atoms with Gasteiger partial charge in [0.1, 0.15) is 5.69 Å². The van der Waals surface area contributed by atoms with Gasteiger partial charge in [0.25, 0.3) is 5.91 Å². The Kier molecular flexibility index (Phi) is 4.91. The average molecular weight is 320 g/mol. The Bertz CT molecular complexity index is 693. The van der Waals surface area contributed by atoms with E-state index in [1.165, 1.54) is 0 Å². The molecule has 1 aromatic heterocycles. The van der Waals surface area contributed by atoms with Crippen LogP contribution in [0, 0.1) is 13.8 Å². The maximum atomic E-state index is 12.7. The van der Waals surface area contributed by atoms with Crippen molar-refractivity contribution in [1.82, 2.24) is 9.78 Å². The lowest BCUT2D eigenvalue weighted by molar-refractivity contribution is 0.0952. The van der Waals surface area contributed by atoms with E-state index < -0.39 is 0 Å². The summed E-state index contributed by atoms with van der Waals surface area (Å²) in [5.74, 6) is -0.000164. The van der Waals surface area contributed by atoms with Crippen LogP contribution in [0.3, 0.4) is 0 Å². The molecule has 0 saturated heterocycles. The fourth-order valence-electron chi connectivity index (χ4n) is 2.62. The number of anilines is 1. The van der Waals surface area contributed by atoms with Gasteiger partial charge in [-0.2, -0.15) is 5.10 Å². The molecule has 3 rings (SSSR count). The van der Waals surface area contributed by atoms with Gasteiger partial charge in [-0.25, -0.2) is 0 Å². The molecule has 0 radical (unpaired) electrons. The third-order valence-electron chi connectivity index (χ3n) is 3.74. The SMILES string of the molecule is CC.Cc1cc(N2CC(C)n3ncc(C)c3C2=O)ccc1Cl. The second-order valence-electron chi connectivity index (χ2n) is 5.32. The van der Waals surface area contributed by atoms with E-state index in [9.17, 15) is 4.79 Å². The van der Waals surface area contributed by atoms with Crippen LogP contribution in [0.25, 0.3) is 0 Å². The highest BCUT2D eigenvalue weighted by Gasteiger charge is 2.32. The van der Waals surface area contributed by atoms with Gasteiger partial charge in [-0.05, 0) is 44.5 Å². The molecule has 0 fully saturated rings. The second-order valence-corrected chi connectivity index (χ2v) is 5.73. The van der Waals surface area contributed by atoms with E-state index >= 15 is 0 Å². The molecule has 2 heterocycles. The zero-order chi connectivity index (χ0) is 16.4. The van der Waals surface area contributed by atoms with Crippen molar-refractivity contribution in [2.75, 3.05) is 11.4 Å². The van der Waals surface area contributed by atoms with Gasteiger partial charge in [0.15, 0.2) is 0 Å². The smallest absolute Gasteiger partial charge is 0.276 e. The fraction of sp³-hybridized carbons (Fsp3) is 0.412. The first-order valence-electron chi connectivity index (χ1n) is 7.61. The number of carbonyl (C=O) groups is 1. The normalized spacial score (nSPS) is 16.9. The first-order valence-corrected chi connectivity index (χ1v) is 7.99. The number of aryl methyl sites for hydroxylation is 2. The second kappa shape index (κ2) is 6.53. The van der Waals surface area contributed by atoms with Crippen LogP contribution in [0.1, 0.15) is 48.4 Å². The number of carbonyl (C=O) groups excluding carboxylic acids is 1. The number of aromatic nitrogens is 2. The molecule has 1 aliphatic rings. The topological polar surface area (TPSA) is 38.1 Å². The minimum absolute atomic E-state index is 0.000164. The number of rotatable bonds is 1. The standard InChI is InChI=1S/C15H16ClN3O.C2H6/c1-9-6-12(4-5-13(9)16)18-8-11(3)19-14(15(18)20)10(2)7-17-19;1-2/h4-7,11H,8H2,1-3H3;1-2H3. The van der Waals surface area contributed by atoms with E-state index in [0.29, 0.717) is 17.3 Å². The van der Waals surface area contributed by atoms with E-state index in [4.69, 9.17) is 11.6 Å². The lowest BCUT2D eigenvalue weighted by Crippen LogP contribution is -2.42. The van der Waals surface area contributed by atoms with Crippen molar-refractivity contribution in [3.63, 3.8) is 0 Å². The summed E-state index contributed by atoms with van der Waals surface area (Å²) in [4.78, 5) is 14.5. The van der Waals surface area contributed by atoms with Crippen LogP contribution in [0.15, 0.2) is 24.4 Å². The molecule has 0 bridgehead atoms. The van der Waals surface area contributed by atoms with Gasteiger partial charge < -0.3 is 4.90 Å². The summed E-state index contributed by atoms with van der Waals surface area (Å²) >= 11 is 6.06. The molecular formula is C17H22ClN3O.